The number of alkyl carbamates (subject to hydrolysis) is 1. The molecule has 4 amide bonds. The summed E-state index contributed by atoms with van der Waals surface area (Å²) in [5.41, 5.74) is -2.56. The van der Waals surface area contributed by atoms with Gasteiger partial charge in [-0.25, -0.2) is 27.0 Å². The Morgan fingerprint density at radius 1 is 1.14 bits per heavy atom. The van der Waals surface area contributed by atoms with Crippen LogP contribution in [0.1, 0.15) is 79.6 Å². The number of sulfonamides is 1. The number of fused-ring (bicyclic) bond motifs is 3. The van der Waals surface area contributed by atoms with Crippen LogP contribution in [0.2, 0.25) is 0 Å². The molecule has 0 bridgehead atoms. The summed E-state index contributed by atoms with van der Waals surface area (Å²) in [5.74, 6) is -3.83. The lowest BCUT2D eigenvalue weighted by atomic mass is 9.88. The van der Waals surface area contributed by atoms with Crippen molar-refractivity contribution in [2.75, 3.05) is 20.3 Å². The second-order valence-electron chi connectivity index (χ2n) is 16.8. The summed E-state index contributed by atoms with van der Waals surface area (Å²) in [6, 6.07) is 1.97. The fourth-order valence-electron chi connectivity index (χ4n) is 7.74. The number of nitrogens with zero attached hydrogens (tertiary/aromatic N) is 2. The number of hydrogen-bond acceptors (Lipinski definition) is 10. The number of amides is 4. The molecule has 17 heteroatoms. The van der Waals surface area contributed by atoms with Crippen molar-refractivity contribution in [2.45, 2.75) is 114 Å². The number of pyridine rings is 1. The van der Waals surface area contributed by atoms with E-state index in [1.54, 1.807) is 32.9 Å². The van der Waals surface area contributed by atoms with Crippen molar-refractivity contribution in [2.24, 2.45) is 17.8 Å². The molecule has 2 aliphatic heterocycles. The highest BCUT2D eigenvalue weighted by Gasteiger charge is 2.64. The van der Waals surface area contributed by atoms with Gasteiger partial charge >= 0.3 is 6.09 Å². The van der Waals surface area contributed by atoms with Crippen LogP contribution in [0.5, 0.6) is 11.6 Å². The van der Waals surface area contributed by atoms with E-state index in [9.17, 15) is 36.4 Å². The van der Waals surface area contributed by atoms with Crippen LogP contribution in [-0.2, 0) is 29.1 Å². The highest BCUT2D eigenvalue weighted by Crippen LogP contribution is 2.48. The van der Waals surface area contributed by atoms with Gasteiger partial charge in [0.15, 0.2) is 11.6 Å². The smallest absolute Gasteiger partial charge is 0.408 e. The molecule has 3 fully saturated rings. The van der Waals surface area contributed by atoms with E-state index in [-0.39, 0.29) is 49.8 Å². The Kier molecular flexibility index (Phi) is 11.3. The van der Waals surface area contributed by atoms with E-state index in [0.29, 0.717) is 30.0 Å². The molecule has 2 aliphatic carbocycles. The van der Waals surface area contributed by atoms with Gasteiger partial charge in [-0.1, -0.05) is 26.0 Å². The number of benzene rings is 1. The number of carbonyl (C=O) groups is 4. The third-order valence-electron chi connectivity index (χ3n) is 11.2. The molecule has 4 aliphatic rings. The molecule has 2 aromatic rings. The van der Waals surface area contributed by atoms with Crippen molar-refractivity contribution >= 4 is 44.6 Å². The first-order valence-electron chi connectivity index (χ1n) is 19.0. The molecular weight excluding hydrogens is 753 g/mol. The van der Waals surface area contributed by atoms with E-state index >= 15 is 0 Å². The zero-order chi connectivity index (χ0) is 40.8. The average Bonchev–Trinajstić information content (AvgIpc) is 4.02. The third-order valence-corrected chi connectivity index (χ3v) is 13.3. The summed E-state index contributed by atoms with van der Waals surface area (Å²) >= 11 is 0. The van der Waals surface area contributed by atoms with Crippen LogP contribution in [0, 0.1) is 23.6 Å². The van der Waals surface area contributed by atoms with Gasteiger partial charge in [0.05, 0.1) is 13.7 Å². The lowest BCUT2D eigenvalue weighted by molar-refractivity contribution is -0.142. The maximum Gasteiger partial charge on any atom is 0.408 e. The first-order valence-corrected chi connectivity index (χ1v) is 20.5. The van der Waals surface area contributed by atoms with Crippen LogP contribution < -0.4 is 24.8 Å². The van der Waals surface area contributed by atoms with E-state index in [0.717, 1.165) is 0 Å². The maximum absolute atomic E-state index is 14.9. The molecule has 7 atom stereocenters. The SMILES string of the molecule is COc1cc2ccnc(OC3CC4C(=O)NC5(C(=O)NS(=O)(=O)C6(CF)CC6)CC5C=CCCC(C)CC(C)C(NC(=O)OC(C)(C)C)C(=O)N4C3)c2cc1F. The molecule has 1 saturated heterocycles. The van der Waals surface area contributed by atoms with E-state index in [4.69, 9.17) is 14.2 Å². The summed E-state index contributed by atoms with van der Waals surface area (Å²) < 4.78 is 72.3. The minimum atomic E-state index is -4.41. The fourth-order valence-corrected chi connectivity index (χ4v) is 9.17. The normalized spacial score (nSPS) is 29.2. The van der Waals surface area contributed by atoms with Crippen molar-refractivity contribution in [3.05, 3.63) is 42.4 Å². The third kappa shape index (κ3) is 8.42. The van der Waals surface area contributed by atoms with E-state index in [2.05, 4.69) is 20.3 Å². The molecule has 2 saturated carbocycles. The quantitative estimate of drug-likeness (QED) is 0.323. The number of allylic oxidation sites excluding steroid dienone is 1. The Morgan fingerprint density at radius 3 is 2.54 bits per heavy atom. The number of carbonyl (C=O) groups excluding carboxylic acids is 4. The number of nitrogens with one attached hydrogen (secondary N) is 3. The van der Waals surface area contributed by atoms with Gasteiger partial charge in [-0.15, -0.1) is 0 Å². The molecule has 1 aromatic carbocycles. The van der Waals surface area contributed by atoms with E-state index in [1.165, 1.54) is 30.3 Å². The predicted octanol–water partition coefficient (Wildman–Crippen LogP) is 4.46. The molecule has 7 unspecified atom stereocenters. The van der Waals surface area contributed by atoms with E-state index < -0.39 is 92.2 Å². The van der Waals surface area contributed by atoms with E-state index in [1.807, 2.05) is 19.9 Å². The Balaban J connectivity index is 1.36. The minimum Gasteiger partial charge on any atom is -0.494 e. The summed E-state index contributed by atoms with van der Waals surface area (Å²) in [5, 5.41) is 6.42. The molecule has 3 N–H and O–H groups in total. The first-order chi connectivity index (χ1) is 26.3. The van der Waals surface area contributed by atoms with Crippen LogP contribution in [0.4, 0.5) is 13.6 Å². The lowest BCUT2D eigenvalue weighted by Gasteiger charge is -2.33. The van der Waals surface area contributed by atoms with Gasteiger partial charge in [-0.05, 0) is 94.7 Å². The van der Waals surface area contributed by atoms with Crippen LogP contribution in [-0.4, -0.2) is 96.5 Å². The highest BCUT2D eigenvalue weighted by molar-refractivity contribution is 7.91. The summed E-state index contributed by atoms with van der Waals surface area (Å²) in [4.78, 5) is 61.9. The molecule has 306 valence electrons. The van der Waals surface area contributed by atoms with Gasteiger partial charge in [-0.3, -0.25) is 19.1 Å². The van der Waals surface area contributed by atoms with Gasteiger partial charge in [0, 0.05) is 23.9 Å². The maximum atomic E-state index is 14.9. The molecular formula is C39H51F2N5O9S. The topological polar surface area (TPSA) is 182 Å². The fraction of sp³-hybridized carbons (Fsp3) is 0.615. The second-order valence-corrected chi connectivity index (χ2v) is 18.9. The van der Waals surface area contributed by atoms with Gasteiger partial charge in [0.1, 0.15) is 40.7 Å². The van der Waals surface area contributed by atoms with Crippen LogP contribution >= 0.6 is 0 Å². The largest absolute Gasteiger partial charge is 0.494 e. The molecule has 6 rings (SSSR count). The molecule has 3 heterocycles. The standard InChI is InChI=1S/C39H51F2N5O9S/c1-22-9-7-8-10-25-19-39(25,35(49)45-56(51,52)38(21-40)12-13-38)44-32(47)29-17-26(54-33-27-18-28(41)30(53-6)16-24(27)11-14-42-33)20-46(29)34(48)31(23(2)15-22)43-36(50)55-37(3,4)5/h8,10-11,14,16,18,22-23,25-26,29,31H,7,9,12-13,15,17,19-21H2,1-6H3,(H,43,50)(H,44,47)(H,45,49). The monoisotopic (exact) mass is 803 g/mol. The number of methoxy groups -OCH3 is 1. The van der Waals surface area contributed by atoms with Crippen LogP contribution in [0.15, 0.2) is 36.5 Å². The van der Waals surface area contributed by atoms with Gasteiger partial charge in [0.25, 0.3) is 5.91 Å². The van der Waals surface area contributed by atoms with Crippen molar-refractivity contribution < 1.29 is 50.6 Å². The summed E-state index contributed by atoms with van der Waals surface area (Å²) in [6.45, 7) is 7.64. The number of halogens is 2. The number of rotatable bonds is 8. The highest BCUT2D eigenvalue weighted by atomic mass is 32.2. The van der Waals surface area contributed by atoms with Crippen molar-refractivity contribution in [3.8, 4) is 11.6 Å². The number of aromatic nitrogens is 1. The zero-order valence-corrected chi connectivity index (χ0v) is 33.3. The molecule has 0 radical (unpaired) electrons. The number of ether oxygens (including phenoxy) is 3. The van der Waals surface area contributed by atoms with Crippen molar-refractivity contribution in [1.29, 1.82) is 0 Å². The lowest BCUT2D eigenvalue weighted by Crippen LogP contribution is -2.59. The Labute approximate surface area is 325 Å². The van der Waals surface area contributed by atoms with Gasteiger partial charge in [-0.2, -0.15) is 0 Å². The number of alkyl halides is 1. The molecule has 14 nitrogen and oxygen atoms in total. The Hall–Kier alpha value is -4.54. The summed E-state index contributed by atoms with van der Waals surface area (Å²) in [7, 11) is -3.07. The number of hydrogen-bond donors (Lipinski definition) is 3. The van der Waals surface area contributed by atoms with Gasteiger partial charge < -0.3 is 29.7 Å². The second kappa shape index (κ2) is 15.4. The van der Waals surface area contributed by atoms with Crippen LogP contribution in [0.3, 0.4) is 0 Å². The van der Waals surface area contributed by atoms with Crippen molar-refractivity contribution in [1.82, 2.24) is 25.2 Å². The van der Waals surface area contributed by atoms with Crippen molar-refractivity contribution in [3.63, 3.8) is 0 Å². The Morgan fingerprint density at radius 2 is 1.88 bits per heavy atom. The van der Waals surface area contributed by atoms with Crippen LogP contribution in [0.25, 0.3) is 10.8 Å². The zero-order valence-electron chi connectivity index (χ0n) is 32.5. The predicted molar refractivity (Wildman–Crippen MR) is 201 cm³/mol. The van der Waals surface area contributed by atoms with Gasteiger partial charge in [0.2, 0.25) is 27.7 Å². The molecule has 56 heavy (non-hydrogen) atoms. The molecule has 0 spiro atoms. The molecule has 1 aromatic heterocycles. The average molecular weight is 804 g/mol. The summed E-state index contributed by atoms with van der Waals surface area (Å²) in [6.07, 6.45) is 5.38. The minimum absolute atomic E-state index is 0.0200. The Bertz CT molecular complexity index is 2020. The first kappa shape index (κ1) is 41.1.